The van der Waals surface area contributed by atoms with Crippen LogP contribution in [0.1, 0.15) is 6.92 Å². The molecule has 46 valence electrons. The van der Waals surface area contributed by atoms with Crippen molar-refractivity contribution in [1.82, 2.24) is 0 Å². The summed E-state index contributed by atoms with van der Waals surface area (Å²) in [5.74, 6) is -1.30. The van der Waals surface area contributed by atoms with E-state index in [9.17, 15) is 9.90 Å². The second-order valence-corrected chi connectivity index (χ2v) is 0.980. The largest absolute Gasteiger partial charge is 1.00 e. The van der Waals surface area contributed by atoms with E-state index in [1.54, 1.807) is 0 Å². The van der Waals surface area contributed by atoms with Crippen LogP contribution in [0.4, 0.5) is 0 Å². The number of rotatable bonds is 1. The van der Waals surface area contributed by atoms with Crippen molar-refractivity contribution in [3.8, 4) is 0 Å². The molecule has 1 N–H and O–H groups in total. The molecule has 0 amide bonds. The molecule has 0 spiro atoms. The minimum atomic E-state index is -1.48. The van der Waals surface area contributed by atoms with Gasteiger partial charge >= 0.3 is 22.4 Å². The average molecular weight is 197 g/mol. The third-order valence-corrected chi connectivity index (χ3v) is 0.348. The summed E-state index contributed by atoms with van der Waals surface area (Å²) in [5, 5.41) is 17.3. The van der Waals surface area contributed by atoms with Crippen LogP contribution in [0.5, 0.6) is 0 Å². The quantitative estimate of drug-likeness (QED) is 0.538. The topological polar surface area (TPSA) is 60.4 Å². The van der Waals surface area contributed by atoms with Gasteiger partial charge in [-0.25, -0.2) is 0 Å². The number of carbonyl (C=O) groups is 1. The number of aliphatic carboxylic acids is 1. The monoisotopic (exact) mass is 196 g/mol. The zero-order valence-corrected chi connectivity index (χ0v) is 5.12. The van der Waals surface area contributed by atoms with E-state index in [1.807, 2.05) is 0 Å². The summed E-state index contributed by atoms with van der Waals surface area (Å²) in [6.45, 7) is 1.09. The van der Waals surface area contributed by atoms with E-state index in [2.05, 4.69) is 0 Å². The number of carboxylic acids is 1. The van der Waals surface area contributed by atoms with Crippen LogP contribution < -0.4 is 5.11 Å². The maximum absolute atomic E-state index is 9.63. The first-order valence-electron chi connectivity index (χ1n) is 1.53. The van der Waals surface area contributed by atoms with Gasteiger partial charge in [0, 0.05) is 0 Å². The van der Waals surface area contributed by atoms with E-state index in [4.69, 9.17) is 5.11 Å². The Morgan fingerprint density at radius 1 is 1.86 bits per heavy atom. The minimum absolute atomic E-state index is 0. The van der Waals surface area contributed by atoms with Gasteiger partial charge in [-0.3, -0.25) is 4.79 Å². The zero-order valence-electron chi connectivity index (χ0n) is 3.64. The maximum Gasteiger partial charge on any atom is 1.00 e. The number of carboxylic acid groups (broad SMARTS) is 1. The minimum Gasteiger partial charge on any atom is -0.844 e. The smallest absolute Gasteiger partial charge is 0.844 e. The maximum atomic E-state index is 9.63. The van der Waals surface area contributed by atoms with Crippen molar-refractivity contribution in [1.29, 1.82) is 0 Å². The Labute approximate surface area is 56.9 Å². The van der Waals surface area contributed by atoms with Crippen LogP contribution in [0.3, 0.4) is 0 Å². The summed E-state index contributed by atoms with van der Waals surface area (Å²) >= 11 is 0. The molecule has 0 saturated carbocycles. The van der Waals surface area contributed by atoms with Gasteiger partial charge in [0.1, 0.15) is 0 Å². The Bertz CT molecular complexity index is 61.2. The van der Waals surface area contributed by atoms with Gasteiger partial charge in [-0.15, -0.1) is 0 Å². The van der Waals surface area contributed by atoms with E-state index in [-0.39, 0.29) is 22.4 Å². The first-order chi connectivity index (χ1) is 2.64. The van der Waals surface area contributed by atoms with Gasteiger partial charge in [0.15, 0.2) is 0 Å². The van der Waals surface area contributed by atoms with Crippen molar-refractivity contribution >= 4 is 5.97 Å². The van der Waals surface area contributed by atoms with Crippen molar-refractivity contribution in [3.63, 3.8) is 0 Å². The first-order valence-corrected chi connectivity index (χ1v) is 1.53. The first kappa shape index (κ1) is 10.2. The molecule has 1 unspecified atom stereocenters. The second kappa shape index (κ2) is 4.33. The van der Waals surface area contributed by atoms with Crippen LogP contribution in [0.2, 0.25) is 0 Å². The van der Waals surface area contributed by atoms with Crippen LogP contribution in [0.15, 0.2) is 0 Å². The van der Waals surface area contributed by atoms with Crippen molar-refractivity contribution < 1.29 is 37.4 Å². The van der Waals surface area contributed by atoms with Crippen LogP contribution in [-0.2, 0) is 27.2 Å². The molecule has 0 heterocycles. The molecular weight excluding hydrogens is 192 g/mol. The average Bonchev–Trinajstić information content (AvgIpc) is 1.36. The van der Waals surface area contributed by atoms with Crippen LogP contribution >= 0.6 is 0 Å². The number of hydrogen-bond donors (Lipinski definition) is 1. The fraction of sp³-hybridized carbons (Fsp3) is 0.667. The van der Waals surface area contributed by atoms with Gasteiger partial charge in [0.05, 0.1) is 0 Å². The molecule has 1 atom stereocenters. The molecule has 0 aromatic heterocycles. The van der Waals surface area contributed by atoms with Crippen molar-refractivity contribution in [3.05, 3.63) is 0 Å². The van der Waals surface area contributed by atoms with Crippen molar-refractivity contribution in [2.75, 3.05) is 0 Å². The van der Waals surface area contributed by atoms with Crippen LogP contribution in [0, 0.1) is 0 Å². The molecule has 0 aliphatic rings. The Hall–Kier alpha value is 0.170. The predicted octanol–water partition coefficient (Wildman–Crippen LogP) is -1.18. The van der Waals surface area contributed by atoms with Gasteiger partial charge in [0.25, 0.3) is 5.97 Å². The third kappa shape index (κ3) is 6.17. The summed E-state index contributed by atoms with van der Waals surface area (Å²) in [6, 6.07) is 0. The molecule has 0 saturated heterocycles. The van der Waals surface area contributed by atoms with Crippen LogP contribution in [-0.4, -0.2) is 17.2 Å². The standard InChI is InChI=1S/C3H5O3.Ag/c1-2(4)3(5)6;/h2H,1H3,(H,5,6);/q-1;+1. The predicted molar refractivity (Wildman–Crippen MR) is 17.1 cm³/mol. The molecule has 0 rings (SSSR count). The normalized spacial score (nSPS) is 11.7. The van der Waals surface area contributed by atoms with Crippen LogP contribution in [0.25, 0.3) is 0 Å². The SMILES string of the molecule is CC([O-])C(=O)O.[Ag+]. The summed E-state index contributed by atoms with van der Waals surface area (Å²) < 4.78 is 0. The Morgan fingerprint density at radius 2 is 2.00 bits per heavy atom. The van der Waals surface area contributed by atoms with E-state index < -0.39 is 12.1 Å². The summed E-state index contributed by atoms with van der Waals surface area (Å²) in [4.78, 5) is 9.39. The molecule has 7 heavy (non-hydrogen) atoms. The molecular formula is C3H5AgO3. The molecule has 0 aromatic rings. The molecule has 4 heteroatoms. The van der Waals surface area contributed by atoms with Gasteiger partial charge in [-0.2, -0.15) is 0 Å². The molecule has 0 aliphatic heterocycles. The molecule has 0 fully saturated rings. The van der Waals surface area contributed by atoms with Gasteiger partial charge in [-0.05, 0) is 6.10 Å². The van der Waals surface area contributed by atoms with Gasteiger partial charge in [-0.1, -0.05) is 6.92 Å². The van der Waals surface area contributed by atoms with Crippen molar-refractivity contribution in [2.45, 2.75) is 13.0 Å². The fourth-order valence-electron chi connectivity index (χ4n) is 0. The summed E-state index contributed by atoms with van der Waals surface area (Å²) in [6.07, 6.45) is -1.48. The molecule has 0 radical (unpaired) electrons. The Kier molecular flexibility index (Phi) is 6.32. The van der Waals surface area contributed by atoms with E-state index >= 15 is 0 Å². The van der Waals surface area contributed by atoms with E-state index in [0.29, 0.717) is 0 Å². The van der Waals surface area contributed by atoms with Crippen molar-refractivity contribution in [2.24, 2.45) is 0 Å². The van der Waals surface area contributed by atoms with E-state index in [1.165, 1.54) is 0 Å². The van der Waals surface area contributed by atoms with E-state index in [0.717, 1.165) is 6.92 Å². The molecule has 0 aromatic carbocycles. The second-order valence-electron chi connectivity index (χ2n) is 0.980. The zero-order chi connectivity index (χ0) is 5.15. The van der Waals surface area contributed by atoms with Gasteiger partial charge in [0.2, 0.25) is 0 Å². The fourth-order valence-corrected chi connectivity index (χ4v) is 0. The molecule has 0 bridgehead atoms. The van der Waals surface area contributed by atoms with Gasteiger partial charge < -0.3 is 10.2 Å². The Morgan fingerprint density at radius 3 is 2.00 bits per heavy atom. The third-order valence-electron chi connectivity index (χ3n) is 0.348. The molecule has 0 aliphatic carbocycles. The number of hydrogen-bond acceptors (Lipinski definition) is 2. The summed E-state index contributed by atoms with van der Waals surface area (Å²) in [7, 11) is 0. The Balaban J connectivity index is 0. The molecule has 3 nitrogen and oxygen atoms in total. The summed E-state index contributed by atoms with van der Waals surface area (Å²) in [5.41, 5.74) is 0.